The zero-order chi connectivity index (χ0) is 15.1. The number of hydrogen-bond donors (Lipinski definition) is 2. The average molecular weight is 393 g/mol. The van der Waals surface area contributed by atoms with Crippen LogP contribution >= 0.6 is 48.0 Å². The summed E-state index contributed by atoms with van der Waals surface area (Å²) in [6, 6.07) is 3.33. The first-order chi connectivity index (χ1) is 9.40. The minimum Gasteiger partial charge on any atom is -0.482 e. The molecule has 0 saturated heterocycles. The van der Waals surface area contributed by atoms with Crippen LogP contribution in [0.25, 0.3) is 0 Å². The Balaban J connectivity index is 0. The van der Waals surface area contributed by atoms with Crippen molar-refractivity contribution in [2.75, 3.05) is 33.8 Å². The molecule has 0 heterocycles. The van der Waals surface area contributed by atoms with Gasteiger partial charge in [-0.1, -0.05) is 23.2 Å². The number of nitrogens with one attached hydrogen (secondary N) is 1. The highest BCUT2D eigenvalue weighted by Gasteiger charge is 2.11. The van der Waals surface area contributed by atoms with Crippen molar-refractivity contribution in [3.63, 3.8) is 0 Å². The van der Waals surface area contributed by atoms with Crippen molar-refractivity contribution in [2.45, 2.75) is 6.54 Å². The van der Waals surface area contributed by atoms with Gasteiger partial charge in [-0.3, -0.25) is 4.79 Å². The molecule has 5 nitrogen and oxygen atoms in total. The monoisotopic (exact) mass is 391 g/mol. The van der Waals surface area contributed by atoms with Gasteiger partial charge in [0.15, 0.2) is 6.61 Å². The second-order valence-corrected chi connectivity index (χ2v) is 5.45. The summed E-state index contributed by atoms with van der Waals surface area (Å²) in [6.45, 7) is 2.05. The van der Waals surface area contributed by atoms with Gasteiger partial charge in [0.25, 0.3) is 5.91 Å². The molecule has 3 N–H and O–H groups in total. The fourth-order valence-electron chi connectivity index (χ4n) is 1.58. The van der Waals surface area contributed by atoms with Gasteiger partial charge in [0.2, 0.25) is 0 Å². The number of carbonyl (C=O) groups excluding carboxylic acids is 1. The first-order valence-electron chi connectivity index (χ1n) is 6.14. The summed E-state index contributed by atoms with van der Waals surface area (Å²) in [7, 11) is 4.00. The highest BCUT2D eigenvalue weighted by Crippen LogP contribution is 2.32. The van der Waals surface area contributed by atoms with Crippen molar-refractivity contribution in [1.29, 1.82) is 0 Å². The molecular weight excluding hydrogens is 372 g/mol. The normalized spacial score (nSPS) is 9.86. The Hall–Kier alpha value is -0.430. The van der Waals surface area contributed by atoms with Crippen molar-refractivity contribution in [3.8, 4) is 5.75 Å². The maximum atomic E-state index is 10.8. The van der Waals surface area contributed by atoms with E-state index >= 15 is 0 Å². The summed E-state index contributed by atoms with van der Waals surface area (Å²) < 4.78 is 5.35. The van der Waals surface area contributed by atoms with E-state index in [2.05, 4.69) is 10.2 Å². The summed E-state index contributed by atoms with van der Waals surface area (Å²) in [4.78, 5) is 12.9. The highest BCUT2D eigenvalue weighted by molar-refractivity contribution is 6.35. The van der Waals surface area contributed by atoms with Crippen LogP contribution in [-0.2, 0) is 11.3 Å². The number of rotatable bonds is 8. The Morgan fingerprint density at radius 1 is 1.32 bits per heavy atom. The van der Waals surface area contributed by atoms with Crippen LogP contribution in [0.3, 0.4) is 0 Å². The summed E-state index contributed by atoms with van der Waals surface area (Å²) in [5.74, 6) is -0.116. The minimum atomic E-state index is -0.553. The molecule has 0 unspecified atom stereocenters. The predicted octanol–water partition coefficient (Wildman–Crippen LogP) is 2.35. The average Bonchev–Trinajstić information content (AvgIpc) is 2.32. The summed E-state index contributed by atoms with van der Waals surface area (Å²) in [5, 5.41) is 4.14. The van der Waals surface area contributed by atoms with Crippen LogP contribution in [0, 0.1) is 0 Å². The third-order valence-electron chi connectivity index (χ3n) is 2.50. The zero-order valence-corrected chi connectivity index (χ0v) is 15.5. The van der Waals surface area contributed by atoms with E-state index in [9.17, 15) is 4.79 Å². The van der Waals surface area contributed by atoms with Crippen molar-refractivity contribution >= 4 is 53.9 Å². The van der Waals surface area contributed by atoms with Crippen LogP contribution in [0.2, 0.25) is 10.0 Å². The molecule has 1 amide bonds. The molecule has 0 aliphatic rings. The maximum Gasteiger partial charge on any atom is 0.255 e. The van der Waals surface area contributed by atoms with Crippen LogP contribution in [0.5, 0.6) is 5.75 Å². The van der Waals surface area contributed by atoms with Crippen LogP contribution in [0.15, 0.2) is 12.1 Å². The smallest absolute Gasteiger partial charge is 0.255 e. The number of amides is 1. The molecule has 0 aromatic heterocycles. The van der Waals surface area contributed by atoms with Crippen molar-refractivity contribution in [3.05, 3.63) is 27.7 Å². The lowest BCUT2D eigenvalue weighted by Crippen LogP contribution is -2.26. The topological polar surface area (TPSA) is 67.6 Å². The number of carbonyl (C=O) groups is 1. The fraction of sp³-hybridized carbons (Fsp3) is 0.462. The molecule has 22 heavy (non-hydrogen) atoms. The predicted molar refractivity (Wildman–Crippen MR) is 95.9 cm³/mol. The number of primary amides is 1. The number of nitrogens with zero attached hydrogens (tertiary/aromatic N) is 1. The van der Waals surface area contributed by atoms with Gasteiger partial charge in [0.05, 0.1) is 5.02 Å². The molecular formula is C13H21Cl4N3O2. The van der Waals surface area contributed by atoms with Gasteiger partial charge in [-0.05, 0) is 26.2 Å². The van der Waals surface area contributed by atoms with Gasteiger partial charge in [-0.25, -0.2) is 0 Å². The van der Waals surface area contributed by atoms with E-state index < -0.39 is 5.91 Å². The third-order valence-corrected chi connectivity index (χ3v) is 2.99. The first kappa shape index (κ1) is 23.8. The van der Waals surface area contributed by atoms with Crippen molar-refractivity contribution in [2.24, 2.45) is 5.73 Å². The fourth-order valence-corrected chi connectivity index (χ4v) is 2.17. The Labute approximate surface area is 153 Å². The standard InChI is InChI=1S/C13H19Cl2N3O2.2ClH/c1-18(2)4-3-17-7-9-5-10(14)6-11(15)13(9)20-8-12(16)19;;/h5-6,17H,3-4,7-8H2,1-2H3,(H2,16,19);2*1H. The van der Waals surface area contributed by atoms with Gasteiger partial charge in [0, 0.05) is 30.2 Å². The zero-order valence-electron chi connectivity index (χ0n) is 12.4. The van der Waals surface area contributed by atoms with Crippen LogP contribution in [-0.4, -0.2) is 44.6 Å². The van der Waals surface area contributed by atoms with Gasteiger partial charge in [-0.15, -0.1) is 24.8 Å². The van der Waals surface area contributed by atoms with E-state index in [1.807, 2.05) is 14.1 Å². The van der Waals surface area contributed by atoms with E-state index in [1.165, 1.54) is 0 Å². The number of halogens is 4. The molecule has 1 rings (SSSR count). The Morgan fingerprint density at radius 3 is 2.50 bits per heavy atom. The molecule has 0 saturated carbocycles. The molecule has 9 heteroatoms. The van der Waals surface area contributed by atoms with Gasteiger partial charge in [-0.2, -0.15) is 0 Å². The third kappa shape index (κ3) is 8.88. The number of benzene rings is 1. The van der Waals surface area contributed by atoms with Gasteiger partial charge in [0.1, 0.15) is 5.75 Å². The number of likely N-dealkylation sites (N-methyl/N-ethyl adjacent to an activating group) is 1. The molecule has 128 valence electrons. The molecule has 0 bridgehead atoms. The van der Waals surface area contributed by atoms with E-state index in [0.717, 1.165) is 18.7 Å². The number of hydrogen-bond acceptors (Lipinski definition) is 4. The van der Waals surface area contributed by atoms with Crippen LogP contribution in [0.4, 0.5) is 0 Å². The molecule has 0 fully saturated rings. The van der Waals surface area contributed by atoms with Crippen LogP contribution < -0.4 is 15.8 Å². The number of ether oxygens (including phenoxy) is 1. The summed E-state index contributed by atoms with van der Waals surface area (Å²) in [6.07, 6.45) is 0. The molecule has 1 aromatic carbocycles. The molecule has 0 aliphatic carbocycles. The largest absolute Gasteiger partial charge is 0.482 e. The SMILES string of the molecule is CN(C)CCNCc1cc(Cl)cc(Cl)c1OCC(N)=O.Cl.Cl. The van der Waals surface area contributed by atoms with Crippen LogP contribution in [0.1, 0.15) is 5.56 Å². The summed E-state index contributed by atoms with van der Waals surface area (Å²) >= 11 is 12.1. The van der Waals surface area contributed by atoms with E-state index in [4.69, 9.17) is 33.7 Å². The molecule has 0 radical (unpaired) electrons. The quantitative estimate of drug-likeness (QED) is 0.666. The molecule has 1 aromatic rings. The lowest BCUT2D eigenvalue weighted by Gasteiger charge is -2.15. The van der Waals surface area contributed by atoms with Crippen molar-refractivity contribution < 1.29 is 9.53 Å². The van der Waals surface area contributed by atoms with Gasteiger partial charge >= 0.3 is 0 Å². The molecule has 0 atom stereocenters. The van der Waals surface area contributed by atoms with Crippen molar-refractivity contribution in [1.82, 2.24) is 10.2 Å². The molecule has 0 aliphatic heterocycles. The Kier molecular flexibility index (Phi) is 13.1. The maximum absolute atomic E-state index is 10.8. The lowest BCUT2D eigenvalue weighted by atomic mass is 10.2. The first-order valence-corrected chi connectivity index (χ1v) is 6.90. The Morgan fingerprint density at radius 2 is 1.95 bits per heavy atom. The second-order valence-electron chi connectivity index (χ2n) is 4.61. The second kappa shape index (κ2) is 12.0. The lowest BCUT2D eigenvalue weighted by molar-refractivity contribution is -0.119. The Bertz CT molecular complexity index is 473. The van der Waals surface area contributed by atoms with E-state index in [1.54, 1.807) is 12.1 Å². The molecule has 0 spiro atoms. The van der Waals surface area contributed by atoms with E-state index in [0.29, 0.717) is 22.3 Å². The number of nitrogens with two attached hydrogens (primary N) is 1. The van der Waals surface area contributed by atoms with E-state index in [-0.39, 0.29) is 31.4 Å². The minimum absolute atomic E-state index is 0. The summed E-state index contributed by atoms with van der Waals surface area (Å²) in [5.41, 5.74) is 5.87. The van der Waals surface area contributed by atoms with Gasteiger partial charge < -0.3 is 20.7 Å². The highest BCUT2D eigenvalue weighted by atomic mass is 35.5.